The van der Waals surface area contributed by atoms with E-state index in [-0.39, 0.29) is 18.2 Å². The van der Waals surface area contributed by atoms with Gasteiger partial charge in [-0.05, 0) is 38.0 Å². The zero-order chi connectivity index (χ0) is 14.7. The largest absolute Gasteiger partial charge is 0.480 e. The Morgan fingerprint density at radius 3 is 2.70 bits per heavy atom. The summed E-state index contributed by atoms with van der Waals surface area (Å²) >= 11 is 0. The van der Waals surface area contributed by atoms with E-state index < -0.39 is 12.0 Å². The number of ether oxygens (including phenoxy) is 1. The Bertz CT molecular complexity index is 374. The lowest BCUT2D eigenvalue weighted by Crippen LogP contribution is -2.56. The second-order valence-corrected chi connectivity index (χ2v) is 5.94. The molecule has 0 aromatic rings. The first-order valence-electron chi connectivity index (χ1n) is 7.35. The molecule has 6 heteroatoms. The van der Waals surface area contributed by atoms with Crippen molar-refractivity contribution in [2.75, 3.05) is 13.7 Å². The minimum absolute atomic E-state index is 0.00120. The highest BCUT2D eigenvalue weighted by Crippen LogP contribution is 2.25. The van der Waals surface area contributed by atoms with E-state index in [1.165, 1.54) is 4.90 Å². The molecule has 1 aliphatic heterocycles. The number of carboxylic acids is 1. The molecule has 2 N–H and O–H groups in total. The molecule has 2 aliphatic rings. The van der Waals surface area contributed by atoms with Crippen molar-refractivity contribution < 1.29 is 19.4 Å². The number of rotatable bonds is 3. The molecule has 1 saturated carbocycles. The topological polar surface area (TPSA) is 78.9 Å². The predicted molar refractivity (Wildman–Crippen MR) is 73.5 cm³/mol. The average molecular weight is 284 g/mol. The Kier molecular flexibility index (Phi) is 4.86. The summed E-state index contributed by atoms with van der Waals surface area (Å²) in [6, 6.07) is -0.972. The van der Waals surface area contributed by atoms with E-state index in [4.69, 9.17) is 4.74 Å². The summed E-state index contributed by atoms with van der Waals surface area (Å²) in [5.41, 5.74) is 0. The summed E-state index contributed by atoms with van der Waals surface area (Å²) in [5, 5.41) is 12.2. The van der Waals surface area contributed by atoms with Gasteiger partial charge in [0.15, 0.2) is 0 Å². The van der Waals surface area contributed by atoms with Gasteiger partial charge in [-0.15, -0.1) is 0 Å². The van der Waals surface area contributed by atoms with E-state index in [9.17, 15) is 14.7 Å². The number of hydrogen-bond donors (Lipinski definition) is 2. The predicted octanol–water partition coefficient (Wildman–Crippen LogP) is 1.45. The van der Waals surface area contributed by atoms with Gasteiger partial charge in [0.1, 0.15) is 6.04 Å². The monoisotopic (exact) mass is 284 g/mol. The number of carbonyl (C=O) groups is 2. The lowest BCUT2D eigenvalue weighted by molar-refractivity contribution is -0.143. The molecule has 2 amide bonds. The summed E-state index contributed by atoms with van der Waals surface area (Å²) in [7, 11) is 1.65. The fourth-order valence-corrected chi connectivity index (χ4v) is 3.23. The molecule has 2 fully saturated rings. The minimum Gasteiger partial charge on any atom is -0.480 e. The van der Waals surface area contributed by atoms with Crippen LogP contribution in [0.3, 0.4) is 0 Å². The summed E-state index contributed by atoms with van der Waals surface area (Å²) in [4.78, 5) is 25.1. The van der Waals surface area contributed by atoms with Crippen molar-refractivity contribution in [1.82, 2.24) is 10.2 Å². The Morgan fingerprint density at radius 1 is 1.30 bits per heavy atom. The van der Waals surface area contributed by atoms with Crippen LogP contribution in [0, 0.1) is 5.92 Å². The van der Waals surface area contributed by atoms with Crippen molar-refractivity contribution in [3.8, 4) is 0 Å². The minimum atomic E-state index is -0.915. The highest BCUT2D eigenvalue weighted by atomic mass is 16.5. The van der Waals surface area contributed by atoms with Gasteiger partial charge >= 0.3 is 12.0 Å². The number of nitrogens with one attached hydrogen (secondary N) is 1. The first-order chi connectivity index (χ1) is 9.52. The second kappa shape index (κ2) is 6.43. The van der Waals surface area contributed by atoms with Crippen LogP contribution in [-0.2, 0) is 9.53 Å². The maximum atomic E-state index is 12.3. The van der Waals surface area contributed by atoms with Gasteiger partial charge in [-0.2, -0.15) is 0 Å². The molecule has 114 valence electrons. The standard InChI is InChI=1S/C14H24N2O4/c1-9-6-7-16(11(8-9)13(17)18)14(19)15-10-4-3-5-12(10)20-2/h9-12H,3-8H2,1-2H3,(H,15,19)(H,17,18). The molecule has 4 atom stereocenters. The van der Waals surface area contributed by atoms with Gasteiger partial charge in [0, 0.05) is 13.7 Å². The lowest BCUT2D eigenvalue weighted by atomic mass is 9.93. The smallest absolute Gasteiger partial charge is 0.326 e. The Hall–Kier alpha value is -1.30. The SMILES string of the molecule is COC1CCCC1NC(=O)N1CCC(C)CC1C(=O)O. The van der Waals surface area contributed by atoms with Crippen molar-refractivity contribution in [3.05, 3.63) is 0 Å². The molecule has 1 aliphatic carbocycles. The molecular weight excluding hydrogens is 260 g/mol. The number of carbonyl (C=O) groups excluding carboxylic acids is 1. The third kappa shape index (κ3) is 3.23. The average Bonchev–Trinajstić information content (AvgIpc) is 2.85. The number of aliphatic carboxylic acids is 1. The first-order valence-corrected chi connectivity index (χ1v) is 7.35. The zero-order valence-electron chi connectivity index (χ0n) is 12.2. The van der Waals surface area contributed by atoms with Gasteiger partial charge in [-0.3, -0.25) is 0 Å². The van der Waals surface area contributed by atoms with Crippen LogP contribution >= 0.6 is 0 Å². The van der Waals surface area contributed by atoms with Crippen LogP contribution in [0.2, 0.25) is 0 Å². The highest BCUT2D eigenvalue weighted by Gasteiger charge is 2.37. The third-order valence-electron chi connectivity index (χ3n) is 4.47. The van der Waals surface area contributed by atoms with Gasteiger partial charge < -0.3 is 20.1 Å². The summed E-state index contributed by atoms with van der Waals surface area (Å²) in [6.45, 7) is 2.54. The van der Waals surface area contributed by atoms with E-state index >= 15 is 0 Å². The number of methoxy groups -OCH3 is 1. The second-order valence-electron chi connectivity index (χ2n) is 5.94. The fourth-order valence-electron chi connectivity index (χ4n) is 3.23. The van der Waals surface area contributed by atoms with Crippen LogP contribution in [0.1, 0.15) is 39.0 Å². The van der Waals surface area contributed by atoms with Gasteiger partial charge in [0.2, 0.25) is 0 Å². The summed E-state index contributed by atoms with van der Waals surface area (Å²) in [5.74, 6) is -0.570. The molecular formula is C14H24N2O4. The van der Waals surface area contributed by atoms with Crippen molar-refractivity contribution in [2.24, 2.45) is 5.92 Å². The number of nitrogens with zero attached hydrogens (tertiary/aromatic N) is 1. The number of amides is 2. The number of hydrogen-bond acceptors (Lipinski definition) is 3. The van der Waals surface area contributed by atoms with Gasteiger partial charge in [0.05, 0.1) is 12.1 Å². The molecule has 0 bridgehead atoms. The molecule has 20 heavy (non-hydrogen) atoms. The number of urea groups is 1. The molecule has 6 nitrogen and oxygen atoms in total. The molecule has 1 saturated heterocycles. The van der Waals surface area contributed by atoms with E-state index in [1.54, 1.807) is 7.11 Å². The van der Waals surface area contributed by atoms with Crippen LogP contribution in [0.4, 0.5) is 4.79 Å². The van der Waals surface area contributed by atoms with E-state index in [2.05, 4.69) is 5.32 Å². The van der Waals surface area contributed by atoms with E-state index in [0.29, 0.717) is 18.9 Å². The number of piperidine rings is 1. The van der Waals surface area contributed by atoms with Crippen molar-refractivity contribution in [3.63, 3.8) is 0 Å². The molecule has 4 unspecified atom stereocenters. The molecule has 0 radical (unpaired) electrons. The lowest BCUT2D eigenvalue weighted by Gasteiger charge is -2.37. The van der Waals surface area contributed by atoms with Crippen LogP contribution in [0.25, 0.3) is 0 Å². The van der Waals surface area contributed by atoms with E-state index in [1.807, 2.05) is 6.92 Å². The van der Waals surface area contributed by atoms with Gasteiger partial charge in [-0.1, -0.05) is 6.92 Å². The molecule has 0 aromatic heterocycles. The van der Waals surface area contributed by atoms with Crippen LogP contribution in [0.15, 0.2) is 0 Å². The van der Waals surface area contributed by atoms with Gasteiger partial charge in [-0.25, -0.2) is 9.59 Å². The molecule has 1 heterocycles. The fraction of sp³-hybridized carbons (Fsp3) is 0.857. The normalized spacial score (nSPS) is 34.0. The number of likely N-dealkylation sites (tertiary alicyclic amines) is 1. The Labute approximate surface area is 119 Å². The number of carboxylic acid groups (broad SMARTS) is 1. The van der Waals surface area contributed by atoms with Crippen LogP contribution in [0.5, 0.6) is 0 Å². The van der Waals surface area contributed by atoms with Crippen molar-refractivity contribution in [1.29, 1.82) is 0 Å². The zero-order valence-corrected chi connectivity index (χ0v) is 12.2. The molecule has 0 aromatic carbocycles. The Morgan fingerprint density at radius 2 is 2.05 bits per heavy atom. The third-order valence-corrected chi connectivity index (χ3v) is 4.47. The maximum Gasteiger partial charge on any atom is 0.326 e. The van der Waals surface area contributed by atoms with Crippen molar-refractivity contribution in [2.45, 2.75) is 57.2 Å². The van der Waals surface area contributed by atoms with E-state index in [0.717, 1.165) is 25.7 Å². The van der Waals surface area contributed by atoms with Crippen LogP contribution in [-0.4, -0.2) is 53.8 Å². The molecule has 0 spiro atoms. The highest BCUT2D eigenvalue weighted by molar-refractivity contribution is 5.83. The molecule has 2 rings (SSSR count). The van der Waals surface area contributed by atoms with Crippen molar-refractivity contribution >= 4 is 12.0 Å². The Balaban J connectivity index is 1.98. The quantitative estimate of drug-likeness (QED) is 0.822. The summed E-state index contributed by atoms with van der Waals surface area (Å²) < 4.78 is 5.35. The van der Waals surface area contributed by atoms with Crippen LogP contribution < -0.4 is 5.32 Å². The summed E-state index contributed by atoms with van der Waals surface area (Å²) in [6.07, 6.45) is 4.30. The van der Waals surface area contributed by atoms with Gasteiger partial charge in [0.25, 0.3) is 0 Å². The maximum absolute atomic E-state index is 12.3. The first kappa shape index (κ1) is 15.1.